The van der Waals surface area contributed by atoms with E-state index in [1.807, 2.05) is 7.05 Å². The molecule has 0 saturated heterocycles. The fraction of sp³-hybridized carbons (Fsp3) is 0.588. The van der Waals surface area contributed by atoms with Crippen molar-refractivity contribution in [3.05, 3.63) is 29.3 Å². The van der Waals surface area contributed by atoms with E-state index in [1.54, 1.807) is 7.05 Å². The Morgan fingerprint density at radius 3 is 2.67 bits per heavy atom. The second kappa shape index (κ2) is 8.67. The number of anilines is 1. The summed E-state index contributed by atoms with van der Waals surface area (Å²) in [7, 11) is 3.72. The van der Waals surface area contributed by atoms with Crippen LogP contribution >= 0.6 is 0 Å². The molecular formula is C17H29N3O. The van der Waals surface area contributed by atoms with E-state index in [2.05, 4.69) is 54.5 Å². The number of nitrogens with zero attached hydrogens (tertiary/aromatic N) is 1. The summed E-state index contributed by atoms with van der Waals surface area (Å²) < 4.78 is 0. The lowest BCUT2D eigenvalue weighted by molar-refractivity contribution is -0.120. The van der Waals surface area contributed by atoms with Crippen LogP contribution in [-0.4, -0.2) is 33.1 Å². The highest BCUT2D eigenvalue weighted by Gasteiger charge is 2.09. The second-order valence-corrected chi connectivity index (χ2v) is 6.00. The summed E-state index contributed by atoms with van der Waals surface area (Å²) in [4.78, 5) is 13.5. The third kappa shape index (κ3) is 6.17. The summed E-state index contributed by atoms with van der Waals surface area (Å²) in [6.07, 6.45) is 0.514. The van der Waals surface area contributed by atoms with Crippen molar-refractivity contribution in [2.45, 2.75) is 33.7 Å². The van der Waals surface area contributed by atoms with Gasteiger partial charge < -0.3 is 15.5 Å². The monoisotopic (exact) mass is 291 g/mol. The lowest BCUT2D eigenvalue weighted by Crippen LogP contribution is -2.28. The summed E-state index contributed by atoms with van der Waals surface area (Å²) in [6.45, 7) is 9.12. The number of hydrogen-bond donors (Lipinski definition) is 2. The Morgan fingerprint density at radius 2 is 2.05 bits per heavy atom. The Kier molecular flexibility index (Phi) is 7.23. The topological polar surface area (TPSA) is 44.4 Å². The number of nitrogens with one attached hydrogen (secondary N) is 2. The summed E-state index contributed by atoms with van der Waals surface area (Å²) in [5.74, 6) is 0.720. The molecule has 0 aliphatic carbocycles. The molecule has 0 fully saturated rings. The van der Waals surface area contributed by atoms with Gasteiger partial charge in [0.15, 0.2) is 0 Å². The maximum atomic E-state index is 11.4. The van der Waals surface area contributed by atoms with Crippen molar-refractivity contribution in [2.75, 3.05) is 32.1 Å². The largest absolute Gasteiger partial charge is 0.374 e. The molecule has 21 heavy (non-hydrogen) atoms. The molecule has 0 unspecified atom stereocenters. The molecule has 0 atom stereocenters. The number of amides is 1. The van der Waals surface area contributed by atoms with Crippen molar-refractivity contribution in [3.63, 3.8) is 0 Å². The van der Waals surface area contributed by atoms with E-state index in [0.29, 0.717) is 12.3 Å². The van der Waals surface area contributed by atoms with Crippen molar-refractivity contribution in [1.29, 1.82) is 0 Å². The molecule has 0 bridgehead atoms. The van der Waals surface area contributed by atoms with Crippen LogP contribution in [0.25, 0.3) is 0 Å². The minimum Gasteiger partial charge on any atom is -0.374 e. The van der Waals surface area contributed by atoms with Crippen LogP contribution in [0, 0.1) is 12.8 Å². The lowest BCUT2D eigenvalue weighted by Gasteiger charge is -2.23. The molecule has 0 aliphatic rings. The number of carbonyl (C=O) groups excluding carboxylic acids is 1. The van der Waals surface area contributed by atoms with Crippen molar-refractivity contribution < 1.29 is 4.79 Å². The maximum absolute atomic E-state index is 11.4. The van der Waals surface area contributed by atoms with Gasteiger partial charge in [0.05, 0.1) is 0 Å². The van der Waals surface area contributed by atoms with E-state index in [9.17, 15) is 4.79 Å². The highest BCUT2D eigenvalue weighted by atomic mass is 16.1. The second-order valence-electron chi connectivity index (χ2n) is 6.00. The Hall–Kier alpha value is -1.55. The van der Waals surface area contributed by atoms with Crippen molar-refractivity contribution in [2.24, 2.45) is 5.92 Å². The van der Waals surface area contributed by atoms with Gasteiger partial charge in [0.1, 0.15) is 0 Å². The van der Waals surface area contributed by atoms with E-state index in [-0.39, 0.29) is 5.91 Å². The molecule has 0 radical (unpaired) electrons. The molecule has 1 amide bonds. The minimum absolute atomic E-state index is 0.0773. The molecule has 0 aliphatic heterocycles. The summed E-state index contributed by atoms with van der Waals surface area (Å²) in [5, 5.41) is 6.16. The van der Waals surface area contributed by atoms with E-state index >= 15 is 0 Å². The van der Waals surface area contributed by atoms with Gasteiger partial charge in [0.25, 0.3) is 0 Å². The highest BCUT2D eigenvalue weighted by Crippen LogP contribution is 2.21. The van der Waals surface area contributed by atoms with Gasteiger partial charge in [-0.3, -0.25) is 4.79 Å². The lowest BCUT2D eigenvalue weighted by atomic mass is 10.1. The molecule has 0 heterocycles. The van der Waals surface area contributed by atoms with Crippen LogP contribution in [0.2, 0.25) is 0 Å². The predicted molar refractivity (Wildman–Crippen MR) is 89.7 cm³/mol. The van der Waals surface area contributed by atoms with Crippen molar-refractivity contribution >= 4 is 11.6 Å². The Bertz CT molecular complexity index is 457. The zero-order valence-corrected chi connectivity index (χ0v) is 14.0. The molecule has 0 spiro atoms. The summed E-state index contributed by atoms with van der Waals surface area (Å²) in [5.41, 5.74) is 3.75. The summed E-state index contributed by atoms with van der Waals surface area (Å²) in [6, 6.07) is 6.49. The van der Waals surface area contributed by atoms with Gasteiger partial charge in [-0.05, 0) is 31.0 Å². The van der Waals surface area contributed by atoms with Crippen LogP contribution in [-0.2, 0) is 11.3 Å². The van der Waals surface area contributed by atoms with Gasteiger partial charge in [-0.15, -0.1) is 0 Å². The zero-order valence-electron chi connectivity index (χ0n) is 14.0. The van der Waals surface area contributed by atoms with Gasteiger partial charge in [0, 0.05) is 39.3 Å². The fourth-order valence-electron chi connectivity index (χ4n) is 2.24. The van der Waals surface area contributed by atoms with Crippen LogP contribution in [0.15, 0.2) is 18.2 Å². The average molecular weight is 291 g/mol. The number of benzene rings is 1. The normalized spacial score (nSPS) is 10.8. The van der Waals surface area contributed by atoms with Crippen molar-refractivity contribution in [1.82, 2.24) is 10.6 Å². The molecule has 1 aromatic rings. The number of carbonyl (C=O) groups is 1. The van der Waals surface area contributed by atoms with E-state index in [0.717, 1.165) is 19.6 Å². The molecule has 4 nitrogen and oxygen atoms in total. The fourth-order valence-corrected chi connectivity index (χ4v) is 2.24. The molecule has 4 heteroatoms. The van der Waals surface area contributed by atoms with Crippen LogP contribution in [0.3, 0.4) is 0 Å². The van der Waals surface area contributed by atoms with Crippen LogP contribution in [0.5, 0.6) is 0 Å². The van der Waals surface area contributed by atoms with Gasteiger partial charge in [-0.25, -0.2) is 0 Å². The Morgan fingerprint density at radius 1 is 1.33 bits per heavy atom. The van der Waals surface area contributed by atoms with Crippen LogP contribution in [0.1, 0.15) is 31.4 Å². The molecular weight excluding hydrogens is 262 g/mol. The molecule has 1 aromatic carbocycles. The van der Waals surface area contributed by atoms with Gasteiger partial charge >= 0.3 is 0 Å². The predicted octanol–water partition coefficient (Wildman–Crippen LogP) is 2.31. The van der Waals surface area contributed by atoms with Crippen LogP contribution in [0.4, 0.5) is 5.69 Å². The first-order valence-electron chi connectivity index (χ1n) is 7.66. The Balaban J connectivity index is 2.72. The SMILES string of the molecule is CNC(=O)CCN(C)c1ccc(C)cc1CNCC(C)C. The third-order valence-corrected chi connectivity index (χ3v) is 3.47. The quantitative estimate of drug-likeness (QED) is 0.772. The average Bonchev–Trinajstić information content (AvgIpc) is 2.44. The first-order chi connectivity index (χ1) is 9.93. The summed E-state index contributed by atoms with van der Waals surface area (Å²) >= 11 is 0. The molecule has 0 aromatic heterocycles. The zero-order chi connectivity index (χ0) is 15.8. The van der Waals surface area contributed by atoms with Gasteiger partial charge in [0.2, 0.25) is 5.91 Å². The maximum Gasteiger partial charge on any atom is 0.221 e. The third-order valence-electron chi connectivity index (χ3n) is 3.47. The molecule has 2 N–H and O–H groups in total. The van der Waals surface area contributed by atoms with E-state index in [1.165, 1.54) is 16.8 Å². The van der Waals surface area contributed by atoms with Gasteiger partial charge in [-0.2, -0.15) is 0 Å². The van der Waals surface area contributed by atoms with E-state index < -0.39 is 0 Å². The van der Waals surface area contributed by atoms with Gasteiger partial charge in [-0.1, -0.05) is 31.5 Å². The molecule has 118 valence electrons. The smallest absolute Gasteiger partial charge is 0.221 e. The standard InChI is InChI=1S/C17H29N3O/c1-13(2)11-19-12-15-10-14(3)6-7-16(15)20(5)9-8-17(21)18-4/h6-7,10,13,19H,8-9,11-12H2,1-5H3,(H,18,21). The number of hydrogen-bond acceptors (Lipinski definition) is 3. The first kappa shape index (κ1) is 17.5. The first-order valence-corrected chi connectivity index (χ1v) is 7.66. The number of aryl methyl sites for hydroxylation is 1. The highest BCUT2D eigenvalue weighted by molar-refractivity contribution is 5.76. The minimum atomic E-state index is 0.0773. The Labute approximate surface area is 128 Å². The molecule has 0 saturated carbocycles. The molecule has 1 rings (SSSR count). The van der Waals surface area contributed by atoms with Crippen molar-refractivity contribution in [3.8, 4) is 0 Å². The van der Waals surface area contributed by atoms with Crippen LogP contribution < -0.4 is 15.5 Å². The van der Waals surface area contributed by atoms with E-state index in [4.69, 9.17) is 0 Å². The number of rotatable bonds is 8.